The number of nitrogens with two attached hydrogens (primary N) is 1. The minimum atomic E-state index is 0.0573. The number of ether oxygens (including phenoxy) is 1. The Morgan fingerprint density at radius 3 is 2.81 bits per heavy atom. The smallest absolute Gasteiger partial charge is 0.191 e. The van der Waals surface area contributed by atoms with E-state index < -0.39 is 0 Å². The van der Waals surface area contributed by atoms with Gasteiger partial charge < -0.3 is 15.4 Å². The third-order valence-corrected chi connectivity index (χ3v) is 5.48. The Morgan fingerprint density at radius 1 is 1.38 bits per heavy atom. The predicted octanol–water partition coefficient (Wildman–Crippen LogP) is 2.09. The van der Waals surface area contributed by atoms with Crippen LogP contribution in [0.15, 0.2) is 29.3 Å². The summed E-state index contributed by atoms with van der Waals surface area (Å²) in [5.41, 5.74) is 7.49. The predicted molar refractivity (Wildman–Crippen MR) is 89.3 cm³/mol. The molecule has 1 aliphatic heterocycles. The first-order valence-corrected chi connectivity index (χ1v) is 8.60. The molecule has 1 saturated carbocycles. The fraction of sp³-hybridized carbons (Fsp3) is 0.562. The highest BCUT2D eigenvalue weighted by Gasteiger charge is 2.53. The highest BCUT2D eigenvalue weighted by Crippen LogP contribution is 2.53. The SMILES string of the molecule is COc1ccccc1C1(C)CC1N=C(N)N1CCSCC1. The van der Waals surface area contributed by atoms with Crippen LogP contribution in [-0.2, 0) is 5.41 Å². The van der Waals surface area contributed by atoms with E-state index in [1.807, 2.05) is 23.9 Å². The maximum absolute atomic E-state index is 6.19. The number of guanidine groups is 1. The van der Waals surface area contributed by atoms with Crippen molar-refractivity contribution in [1.82, 2.24) is 4.90 Å². The average Bonchev–Trinajstić information content (AvgIpc) is 3.19. The van der Waals surface area contributed by atoms with Gasteiger partial charge in [-0.05, 0) is 12.5 Å². The molecule has 2 aliphatic rings. The van der Waals surface area contributed by atoms with Crippen LogP contribution in [0.2, 0.25) is 0 Å². The molecule has 1 aromatic rings. The third-order valence-electron chi connectivity index (χ3n) is 4.54. The highest BCUT2D eigenvalue weighted by molar-refractivity contribution is 7.99. The molecular formula is C16H23N3OS. The molecule has 1 saturated heterocycles. The summed E-state index contributed by atoms with van der Waals surface area (Å²) in [6, 6.07) is 8.50. The second-order valence-corrected chi connectivity index (χ2v) is 7.15. The summed E-state index contributed by atoms with van der Waals surface area (Å²) in [5.74, 6) is 3.94. The minimum Gasteiger partial charge on any atom is -0.496 e. The molecule has 0 spiro atoms. The lowest BCUT2D eigenvalue weighted by Gasteiger charge is -2.27. The molecule has 0 amide bonds. The Kier molecular flexibility index (Phi) is 4.02. The van der Waals surface area contributed by atoms with E-state index in [1.165, 1.54) is 5.56 Å². The molecule has 2 N–H and O–H groups in total. The van der Waals surface area contributed by atoms with Crippen LogP contribution in [0.3, 0.4) is 0 Å². The molecule has 21 heavy (non-hydrogen) atoms. The molecule has 1 aliphatic carbocycles. The van der Waals surface area contributed by atoms with E-state index in [9.17, 15) is 0 Å². The zero-order valence-corrected chi connectivity index (χ0v) is 13.5. The normalized spacial score (nSPS) is 29.3. The van der Waals surface area contributed by atoms with Crippen LogP contribution in [0, 0.1) is 0 Å². The van der Waals surface area contributed by atoms with Crippen LogP contribution in [0.25, 0.3) is 0 Å². The molecule has 0 radical (unpaired) electrons. The number of hydrogen-bond donors (Lipinski definition) is 1. The molecule has 2 fully saturated rings. The Hall–Kier alpha value is -1.36. The van der Waals surface area contributed by atoms with Gasteiger partial charge in [0.25, 0.3) is 0 Å². The van der Waals surface area contributed by atoms with Crippen molar-refractivity contribution in [2.24, 2.45) is 10.7 Å². The Balaban J connectivity index is 1.74. The monoisotopic (exact) mass is 305 g/mol. The molecule has 2 unspecified atom stereocenters. The average molecular weight is 305 g/mol. The molecule has 1 heterocycles. The summed E-state index contributed by atoms with van der Waals surface area (Å²) < 4.78 is 5.49. The van der Waals surface area contributed by atoms with Crippen molar-refractivity contribution in [2.75, 3.05) is 31.7 Å². The van der Waals surface area contributed by atoms with Crippen molar-refractivity contribution in [3.8, 4) is 5.75 Å². The molecular weight excluding hydrogens is 282 g/mol. The first-order chi connectivity index (χ1) is 10.1. The largest absolute Gasteiger partial charge is 0.496 e. The number of para-hydroxylation sites is 1. The molecule has 3 rings (SSSR count). The molecule has 114 valence electrons. The molecule has 1 aromatic carbocycles. The fourth-order valence-corrected chi connectivity index (χ4v) is 3.87. The second-order valence-electron chi connectivity index (χ2n) is 5.92. The van der Waals surface area contributed by atoms with Gasteiger partial charge in [-0.25, -0.2) is 4.99 Å². The van der Waals surface area contributed by atoms with Crippen LogP contribution >= 0.6 is 11.8 Å². The van der Waals surface area contributed by atoms with Crippen LogP contribution in [0.5, 0.6) is 5.75 Å². The van der Waals surface area contributed by atoms with Gasteiger partial charge in [0.2, 0.25) is 0 Å². The van der Waals surface area contributed by atoms with Crippen LogP contribution in [-0.4, -0.2) is 48.6 Å². The number of hydrogen-bond acceptors (Lipinski definition) is 3. The van der Waals surface area contributed by atoms with E-state index in [2.05, 4.69) is 24.0 Å². The maximum atomic E-state index is 6.19. The van der Waals surface area contributed by atoms with Crippen molar-refractivity contribution in [2.45, 2.75) is 24.8 Å². The molecule has 4 nitrogen and oxygen atoms in total. The van der Waals surface area contributed by atoms with Crippen LogP contribution in [0.4, 0.5) is 0 Å². The zero-order chi connectivity index (χ0) is 14.9. The summed E-state index contributed by atoms with van der Waals surface area (Å²) in [7, 11) is 1.72. The molecule has 0 aromatic heterocycles. The van der Waals surface area contributed by atoms with Gasteiger partial charge in [0.15, 0.2) is 5.96 Å². The standard InChI is InChI=1S/C16H23N3OS/c1-16(12-5-3-4-6-13(12)20-2)11-14(16)18-15(17)19-7-9-21-10-8-19/h3-6,14H,7-11H2,1-2H3,(H2,17,18). The van der Waals surface area contributed by atoms with E-state index in [4.69, 9.17) is 15.5 Å². The molecule has 0 bridgehead atoms. The first kappa shape index (κ1) is 14.6. The number of aliphatic imine (C=N–C) groups is 1. The van der Waals surface area contributed by atoms with Crippen molar-refractivity contribution in [1.29, 1.82) is 0 Å². The molecule has 2 atom stereocenters. The third kappa shape index (κ3) is 2.84. The van der Waals surface area contributed by atoms with Gasteiger partial charge in [0, 0.05) is 35.6 Å². The van der Waals surface area contributed by atoms with E-state index in [0.717, 1.165) is 36.8 Å². The van der Waals surface area contributed by atoms with E-state index >= 15 is 0 Å². The van der Waals surface area contributed by atoms with Gasteiger partial charge in [0.05, 0.1) is 13.2 Å². The van der Waals surface area contributed by atoms with Gasteiger partial charge in [-0.2, -0.15) is 11.8 Å². The van der Waals surface area contributed by atoms with Crippen molar-refractivity contribution in [3.63, 3.8) is 0 Å². The maximum Gasteiger partial charge on any atom is 0.191 e. The number of methoxy groups -OCH3 is 1. The Labute approximate surface area is 130 Å². The lowest BCUT2D eigenvalue weighted by atomic mass is 9.96. The topological polar surface area (TPSA) is 50.9 Å². The number of nitrogens with zero attached hydrogens (tertiary/aromatic N) is 2. The number of benzene rings is 1. The van der Waals surface area contributed by atoms with Crippen molar-refractivity contribution in [3.05, 3.63) is 29.8 Å². The van der Waals surface area contributed by atoms with E-state index in [1.54, 1.807) is 7.11 Å². The number of thioether (sulfide) groups is 1. The van der Waals surface area contributed by atoms with Gasteiger partial charge in [0.1, 0.15) is 5.75 Å². The van der Waals surface area contributed by atoms with Crippen molar-refractivity contribution < 1.29 is 4.74 Å². The Bertz CT molecular complexity index is 542. The Morgan fingerprint density at radius 2 is 2.10 bits per heavy atom. The zero-order valence-electron chi connectivity index (χ0n) is 12.7. The number of rotatable bonds is 3. The van der Waals surface area contributed by atoms with Crippen molar-refractivity contribution >= 4 is 17.7 Å². The van der Waals surface area contributed by atoms with E-state index in [0.29, 0.717) is 5.96 Å². The summed E-state index contributed by atoms with van der Waals surface area (Å²) in [6.07, 6.45) is 1.04. The van der Waals surface area contributed by atoms with Gasteiger partial charge >= 0.3 is 0 Å². The van der Waals surface area contributed by atoms with Crippen LogP contribution < -0.4 is 10.5 Å². The fourth-order valence-electron chi connectivity index (χ4n) is 2.97. The summed E-state index contributed by atoms with van der Waals surface area (Å²) in [6.45, 7) is 4.27. The van der Waals surface area contributed by atoms with Crippen LogP contribution in [0.1, 0.15) is 18.9 Å². The quantitative estimate of drug-likeness (QED) is 0.686. The summed E-state index contributed by atoms with van der Waals surface area (Å²) >= 11 is 1.98. The van der Waals surface area contributed by atoms with Gasteiger partial charge in [-0.15, -0.1) is 0 Å². The minimum absolute atomic E-state index is 0.0573. The lowest BCUT2D eigenvalue weighted by molar-refractivity contribution is 0.404. The lowest BCUT2D eigenvalue weighted by Crippen LogP contribution is -2.43. The van der Waals surface area contributed by atoms with E-state index in [-0.39, 0.29) is 11.5 Å². The first-order valence-electron chi connectivity index (χ1n) is 7.44. The summed E-state index contributed by atoms with van der Waals surface area (Å²) in [5, 5.41) is 0. The highest BCUT2D eigenvalue weighted by atomic mass is 32.2. The second kappa shape index (κ2) is 5.79. The van der Waals surface area contributed by atoms with Gasteiger partial charge in [-0.3, -0.25) is 0 Å². The summed E-state index contributed by atoms with van der Waals surface area (Å²) in [4.78, 5) is 6.98. The van der Waals surface area contributed by atoms with Gasteiger partial charge in [-0.1, -0.05) is 25.1 Å². The molecule has 5 heteroatoms.